The van der Waals surface area contributed by atoms with Gasteiger partial charge in [0.25, 0.3) is 0 Å². The van der Waals surface area contributed by atoms with E-state index in [1.54, 1.807) is 58.0 Å². The molecule has 0 bridgehead atoms. The van der Waals surface area contributed by atoms with Gasteiger partial charge in [-0.1, -0.05) is 59.7 Å². The first-order valence-electron chi connectivity index (χ1n) is 22.7. The monoisotopic (exact) mass is 974 g/mol. The van der Waals surface area contributed by atoms with Gasteiger partial charge in [0.15, 0.2) is 0 Å². The van der Waals surface area contributed by atoms with Gasteiger partial charge in [0.2, 0.25) is 41.4 Å². The van der Waals surface area contributed by atoms with Crippen molar-refractivity contribution in [3.05, 3.63) is 48.5 Å². The van der Waals surface area contributed by atoms with Gasteiger partial charge in [-0.25, -0.2) is 9.78 Å². The number of nitrogens with zero attached hydrogens (tertiary/aromatic N) is 1. The van der Waals surface area contributed by atoms with Crippen LogP contribution in [0.25, 0.3) is 0 Å². The highest BCUT2D eigenvalue weighted by Gasteiger charge is 2.35. The Hall–Kier alpha value is -6.07. The number of nitrogens with two attached hydrogens (primary N) is 2. The van der Waals surface area contributed by atoms with E-state index in [-0.39, 0.29) is 48.5 Å². The maximum Gasteiger partial charge on any atom is 0.326 e. The number of amides is 7. The van der Waals surface area contributed by atoms with Crippen LogP contribution in [0.1, 0.15) is 92.2 Å². The van der Waals surface area contributed by atoms with E-state index in [0.717, 1.165) is 11.8 Å². The van der Waals surface area contributed by atoms with Crippen molar-refractivity contribution in [2.75, 3.05) is 23.4 Å². The van der Waals surface area contributed by atoms with Crippen LogP contribution in [0.5, 0.6) is 0 Å². The number of imidazole rings is 1. The number of carboxylic acid groups (broad SMARTS) is 2. The third kappa shape index (κ3) is 22.2. The number of hydrogen-bond donors (Lipinski definition) is 12. The highest BCUT2D eigenvalue weighted by Crippen LogP contribution is 2.14. The molecule has 68 heavy (non-hydrogen) atoms. The number of carbonyl (C=O) groups excluding carboxylic acids is 7. The van der Waals surface area contributed by atoms with Crippen LogP contribution in [0, 0.1) is 17.8 Å². The summed E-state index contributed by atoms with van der Waals surface area (Å²) in [5.41, 5.74) is 12.6. The van der Waals surface area contributed by atoms with Gasteiger partial charge in [-0.05, 0) is 75.0 Å². The predicted octanol–water partition coefficient (Wildman–Crippen LogP) is 0.387. The number of carboxylic acids is 2. The summed E-state index contributed by atoms with van der Waals surface area (Å²) in [5, 5.41) is 37.5. The SMILES string of the molecule is CC(C)C[C@H](NC(=O)[C@@H](NC(=O)[C@H](CSCC(=O)Nc1ccccc1)NC(=O)[C@@H](N)CC(C)C)C(C)C)C(=O)N[C@@H](Cc1cnc[nH]1)C(=O)N[C@@H](CCC(=O)O)C(=O)N[C@@H](CCCCN)C(=O)O. The number of rotatable bonds is 32. The van der Waals surface area contributed by atoms with Crippen molar-refractivity contribution in [3.63, 3.8) is 0 Å². The Morgan fingerprint density at radius 1 is 0.676 bits per heavy atom. The number of benzene rings is 1. The number of carbonyl (C=O) groups is 9. The summed E-state index contributed by atoms with van der Waals surface area (Å²) in [6.45, 7) is 11.0. The van der Waals surface area contributed by atoms with E-state index in [2.05, 4.69) is 47.2 Å². The first-order chi connectivity index (χ1) is 32.1. The molecular formula is C45H71N11O11S. The van der Waals surface area contributed by atoms with Crippen molar-refractivity contribution in [1.82, 2.24) is 41.9 Å². The van der Waals surface area contributed by atoms with E-state index in [1.165, 1.54) is 12.5 Å². The topological polar surface area (TPSA) is 359 Å². The Kier molecular flexibility index (Phi) is 25.9. The molecule has 0 aliphatic rings. The number of thioether (sulfide) groups is 1. The fraction of sp³-hybridized carbons (Fsp3) is 0.600. The molecule has 14 N–H and O–H groups in total. The van der Waals surface area contributed by atoms with Crippen molar-refractivity contribution in [2.24, 2.45) is 29.2 Å². The summed E-state index contributed by atoms with van der Waals surface area (Å²) in [5.74, 6) is -8.57. The minimum Gasteiger partial charge on any atom is -0.481 e. The molecule has 0 spiro atoms. The molecule has 0 saturated heterocycles. The summed E-state index contributed by atoms with van der Waals surface area (Å²) < 4.78 is 0. The quantitative estimate of drug-likeness (QED) is 0.0441. The molecular weight excluding hydrogens is 903 g/mol. The second kappa shape index (κ2) is 30.3. The van der Waals surface area contributed by atoms with Gasteiger partial charge in [-0.3, -0.25) is 38.4 Å². The number of aliphatic carboxylic acids is 2. The molecule has 1 aromatic heterocycles. The van der Waals surface area contributed by atoms with Gasteiger partial charge in [0.1, 0.15) is 36.3 Å². The molecule has 1 heterocycles. The Labute approximate surface area is 401 Å². The van der Waals surface area contributed by atoms with Gasteiger partial charge in [0.05, 0.1) is 18.1 Å². The maximum atomic E-state index is 14.2. The molecule has 2 rings (SSSR count). The third-order valence-corrected chi connectivity index (χ3v) is 11.3. The Balaban J connectivity index is 2.35. The first kappa shape index (κ1) is 58.1. The van der Waals surface area contributed by atoms with Gasteiger partial charge < -0.3 is 63.9 Å². The Morgan fingerprint density at radius 3 is 1.82 bits per heavy atom. The van der Waals surface area contributed by atoms with E-state index >= 15 is 0 Å². The normalized spacial score (nSPS) is 14.3. The molecule has 23 heteroatoms. The van der Waals surface area contributed by atoms with Crippen molar-refractivity contribution in [3.8, 4) is 0 Å². The summed E-state index contributed by atoms with van der Waals surface area (Å²) in [6, 6.07) is -0.247. The van der Waals surface area contributed by atoms with Crippen molar-refractivity contribution >= 4 is 70.7 Å². The minimum atomic E-state index is -1.53. The van der Waals surface area contributed by atoms with Crippen molar-refractivity contribution in [1.29, 1.82) is 0 Å². The average molecular weight is 974 g/mol. The number of unbranched alkanes of at least 4 members (excludes halogenated alkanes) is 1. The van der Waals surface area contributed by atoms with Gasteiger partial charge in [-0.2, -0.15) is 0 Å². The molecule has 0 fully saturated rings. The number of para-hydroxylation sites is 1. The summed E-state index contributed by atoms with van der Waals surface area (Å²) in [4.78, 5) is 126. The molecule has 2 aromatic rings. The lowest BCUT2D eigenvalue weighted by Crippen LogP contribution is -2.61. The maximum absolute atomic E-state index is 14.2. The average Bonchev–Trinajstić information content (AvgIpc) is 3.78. The number of nitrogens with one attached hydrogen (secondary N) is 8. The zero-order valence-electron chi connectivity index (χ0n) is 39.7. The van der Waals surface area contributed by atoms with Crippen LogP contribution in [0.3, 0.4) is 0 Å². The predicted molar refractivity (Wildman–Crippen MR) is 255 cm³/mol. The molecule has 7 amide bonds. The Morgan fingerprint density at radius 2 is 1.25 bits per heavy atom. The summed E-state index contributed by atoms with van der Waals surface area (Å²) in [6.07, 6.45) is 2.84. The second-order valence-corrected chi connectivity index (χ2v) is 18.7. The minimum absolute atomic E-state index is 0.0275. The van der Waals surface area contributed by atoms with E-state index in [9.17, 15) is 53.4 Å². The molecule has 7 atom stereocenters. The van der Waals surface area contributed by atoms with Crippen LogP contribution < -0.4 is 48.7 Å². The number of aromatic amines is 1. The molecule has 22 nitrogen and oxygen atoms in total. The highest BCUT2D eigenvalue weighted by molar-refractivity contribution is 8.00. The van der Waals surface area contributed by atoms with Crippen molar-refractivity contribution in [2.45, 2.75) is 135 Å². The molecule has 0 aliphatic heterocycles. The first-order valence-corrected chi connectivity index (χ1v) is 23.9. The van der Waals surface area contributed by atoms with Crippen LogP contribution >= 0.6 is 11.8 Å². The second-order valence-electron chi connectivity index (χ2n) is 17.7. The zero-order chi connectivity index (χ0) is 50.9. The lowest BCUT2D eigenvalue weighted by molar-refractivity contribution is -0.143. The number of aromatic nitrogens is 2. The van der Waals surface area contributed by atoms with Gasteiger partial charge in [0, 0.05) is 36.2 Å². The number of anilines is 1. The molecule has 0 aliphatic carbocycles. The van der Waals surface area contributed by atoms with E-state index in [0.29, 0.717) is 37.2 Å². The smallest absolute Gasteiger partial charge is 0.326 e. The highest BCUT2D eigenvalue weighted by atomic mass is 32.2. The van der Waals surface area contributed by atoms with Crippen LogP contribution in [-0.2, 0) is 49.6 Å². The lowest BCUT2D eigenvalue weighted by atomic mass is 9.99. The zero-order valence-corrected chi connectivity index (χ0v) is 40.5. The van der Waals surface area contributed by atoms with Crippen LogP contribution in [0.15, 0.2) is 42.9 Å². The van der Waals surface area contributed by atoms with Gasteiger partial charge in [-0.15, -0.1) is 11.8 Å². The third-order valence-electron chi connectivity index (χ3n) is 10.3. The van der Waals surface area contributed by atoms with Crippen LogP contribution in [0.4, 0.5) is 5.69 Å². The lowest BCUT2D eigenvalue weighted by Gasteiger charge is -2.29. The molecule has 0 radical (unpaired) electrons. The summed E-state index contributed by atoms with van der Waals surface area (Å²) >= 11 is 1.08. The fourth-order valence-electron chi connectivity index (χ4n) is 6.75. The van der Waals surface area contributed by atoms with Crippen LogP contribution in [0.2, 0.25) is 0 Å². The van der Waals surface area contributed by atoms with E-state index in [4.69, 9.17) is 11.5 Å². The van der Waals surface area contributed by atoms with E-state index in [1.807, 2.05) is 13.8 Å². The molecule has 0 unspecified atom stereocenters. The molecule has 378 valence electrons. The Bertz CT molecular complexity index is 1950. The number of hydrogen-bond acceptors (Lipinski definition) is 13. The number of H-pyrrole nitrogens is 1. The fourth-order valence-corrected chi connectivity index (χ4v) is 7.59. The largest absolute Gasteiger partial charge is 0.481 e. The standard InChI is InChI=1S/C45H71N11O11S/c1-25(2)18-30(47)39(60)55-35(22-68-23-36(57)50-28-12-8-7-9-13-28)43(64)56-38(27(5)6)44(65)54-33(19-26(3)4)41(62)53-34(20-29-21-48-24-49-29)42(63)51-31(15-16-37(58)59)40(61)52-32(45(66)67)14-10-11-17-46/h7-9,12-13,21,24-27,30-35,38H,10-11,14-20,22-23,46-47H2,1-6H3,(H,48,49)(H,50,57)(H,51,63)(H,52,61)(H,53,62)(H,54,65)(H,55,60)(H,56,64)(H,58,59)(H,66,67)/t30-,31-,32-,33-,34-,35-,38-/m0/s1. The molecule has 1 aromatic carbocycles. The summed E-state index contributed by atoms with van der Waals surface area (Å²) in [7, 11) is 0. The molecule has 0 saturated carbocycles. The van der Waals surface area contributed by atoms with E-state index < -0.39 is 108 Å². The van der Waals surface area contributed by atoms with Crippen LogP contribution in [-0.4, -0.2) is 134 Å². The van der Waals surface area contributed by atoms with Crippen molar-refractivity contribution < 1.29 is 53.4 Å². The van der Waals surface area contributed by atoms with Gasteiger partial charge >= 0.3 is 11.9 Å².